The molecule has 4 N–H and O–H groups in total. The summed E-state index contributed by atoms with van der Waals surface area (Å²) in [6.45, 7) is 15.0. The number of benzene rings is 2. The smallest absolute Gasteiger partial charge is 0.256 e. The lowest BCUT2D eigenvalue weighted by atomic mass is 9.71. The summed E-state index contributed by atoms with van der Waals surface area (Å²) in [6.07, 6.45) is 9.65. The van der Waals surface area contributed by atoms with E-state index in [9.17, 15) is 19.2 Å². The van der Waals surface area contributed by atoms with Gasteiger partial charge in [0.1, 0.15) is 17.2 Å². The maximum absolute atomic E-state index is 13.4. The molecule has 0 saturated carbocycles. The zero-order valence-electron chi connectivity index (χ0n) is 36.2. The lowest BCUT2D eigenvalue weighted by molar-refractivity contribution is -0.125. The van der Waals surface area contributed by atoms with Crippen molar-refractivity contribution in [2.24, 2.45) is 5.41 Å². The molecule has 4 aliphatic heterocycles. The highest BCUT2D eigenvalue weighted by Gasteiger charge is 2.53. The quantitative estimate of drug-likeness (QED) is 0.0780. The molecular formula is C48H57N11O4. The number of fused-ring (bicyclic) bond motifs is 2. The molecule has 0 bridgehead atoms. The van der Waals surface area contributed by atoms with Gasteiger partial charge in [-0.1, -0.05) is 25.1 Å². The first kappa shape index (κ1) is 42.0. The number of aromatic nitrogens is 3. The second-order valence-electron chi connectivity index (χ2n) is 17.9. The molecule has 2 aromatic heterocycles. The van der Waals surface area contributed by atoms with Crippen LogP contribution in [0, 0.1) is 5.41 Å². The molecule has 2 aromatic carbocycles. The summed E-state index contributed by atoms with van der Waals surface area (Å²) < 4.78 is 0. The monoisotopic (exact) mass is 851 g/mol. The van der Waals surface area contributed by atoms with E-state index in [0.717, 1.165) is 99.6 Å². The molecule has 6 heterocycles. The minimum Gasteiger partial charge on any atom is -0.371 e. The third-order valence-electron chi connectivity index (χ3n) is 13.8. The maximum Gasteiger partial charge on any atom is 0.256 e. The molecule has 2 atom stereocenters. The first-order valence-corrected chi connectivity index (χ1v) is 22.4. The number of piperidine rings is 1. The Hall–Kier alpha value is -6.35. The second kappa shape index (κ2) is 17.8. The van der Waals surface area contributed by atoms with E-state index in [1.807, 2.05) is 42.2 Å². The van der Waals surface area contributed by atoms with Crippen LogP contribution in [0.2, 0.25) is 0 Å². The minimum absolute atomic E-state index is 0.0119. The average molecular weight is 852 g/mol. The van der Waals surface area contributed by atoms with Gasteiger partial charge in [-0.3, -0.25) is 29.4 Å². The van der Waals surface area contributed by atoms with Gasteiger partial charge in [-0.2, -0.15) is 4.98 Å². The highest BCUT2D eigenvalue weighted by atomic mass is 16.2. The number of anilines is 6. The van der Waals surface area contributed by atoms with Gasteiger partial charge in [0.15, 0.2) is 0 Å². The van der Waals surface area contributed by atoms with E-state index in [1.165, 1.54) is 17.4 Å². The van der Waals surface area contributed by atoms with Crippen molar-refractivity contribution in [3.63, 3.8) is 0 Å². The van der Waals surface area contributed by atoms with Crippen molar-refractivity contribution in [2.75, 3.05) is 66.2 Å². The van der Waals surface area contributed by atoms with Gasteiger partial charge in [-0.25, -0.2) is 9.97 Å². The summed E-state index contributed by atoms with van der Waals surface area (Å²) in [7, 11) is 0. The molecule has 9 rings (SSSR count). The van der Waals surface area contributed by atoms with Crippen LogP contribution in [0.3, 0.4) is 0 Å². The molecule has 4 amide bonds. The van der Waals surface area contributed by atoms with E-state index < -0.39 is 0 Å². The number of hydrogen-bond donors (Lipinski definition) is 4. The number of likely N-dealkylation sites (tertiary alicyclic amines) is 1. The number of aryl methyl sites for hydroxylation is 1. The Morgan fingerprint density at radius 2 is 1.76 bits per heavy atom. The molecule has 3 fully saturated rings. The summed E-state index contributed by atoms with van der Waals surface area (Å²) in [5.41, 5.74) is 8.09. The summed E-state index contributed by atoms with van der Waals surface area (Å²) in [5.74, 6) is 1.24. The van der Waals surface area contributed by atoms with Gasteiger partial charge in [-0.05, 0) is 93.5 Å². The van der Waals surface area contributed by atoms with Crippen molar-refractivity contribution in [3.8, 4) is 0 Å². The number of hydrogen-bond acceptors (Lipinski definition) is 12. The second-order valence-corrected chi connectivity index (χ2v) is 17.9. The predicted molar refractivity (Wildman–Crippen MR) is 244 cm³/mol. The number of carbonyl (C=O) groups is 4. The Bertz CT molecular complexity index is 2380. The van der Waals surface area contributed by atoms with E-state index in [4.69, 9.17) is 9.97 Å². The Balaban J connectivity index is 0.762. The van der Waals surface area contributed by atoms with Gasteiger partial charge < -0.3 is 30.7 Å². The fraction of sp³-hybridized carbons (Fsp3) is 0.438. The molecular weight excluding hydrogens is 795 g/mol. The number of nitrogens with zero attached hydrogens (tertiary/aromatic N) is 7. The van der Waals surface area contributed by atoms with Crippen LogP contribution in [-0.4, -0.2) is 107 Å². The summed E-state index contributed by atoms with van der Waals surface area (Å²) in [4.78, 5) is 72.5. The van der Waals surface area contributed by atoms with Crippen LogP contribution < -0.4 is 31.1 Å². The van der Waals surface area contributed by atoms with Crippen LogP contribution in [0.5, 0.6) is 0 Å². The van der Waals surface area contributed by atoms with Crippen molar-refractivity contribution in [3.05, 3.63) is 101 Å². The Morgan fingerprint density at radius 3 is 2.51 bits per heavy atom. The Labute approximate surface area is 368 Å². The van der Waals surface area contributed by atoms with Gasteiger partial charge in [0, 0.05) is 122 Å². The van der Waals surface area contributed by atoms with Crippen molar-refractivity contribution in [1.29, 1.82) is 0 Å². The van der Waals surface area contributed by atoms with E-state index in [0.29, 0.717) is 66.4 Å². The topological polar surface area (TPSA) is 168 Å². The van der Waals surface area contributed by atoms with Crippen LogP contribution in [0.4, 0.5) is 34.6 Å². The number of carbonyl (C=O) groups excluding carboxylic acids is 4. The molecule has 15 nitrogen and oxygen atoms in total. The number of imide groups is 1. The van der Waals surface area contributed by atoms with Crippen molar-refractivity contribution >= 4 is 58.8 Å². The van der Waals surface area contributed by atoms with Gasteiger partial charge in [0.25, 0.3) is 11.8 Å². The third-order valence-corrected chi connectivity index (χ3v) is 13.8. The van der Waals surface area contributed by atoms with E-state index in [-0.39, 0.29) is 30.2 Å². The lowest BCUT2D eigenvalue weighted by Crippen LogP contribution is -2.74. The zero-order valence-corrected chi connectivity index (χ0v) is 36.2. The molecule has 1 spiro atoms. The first-order valence-electron chi connectivity index (χ1n) is 22.4. The standard InChI is InChI=1S/C48H57N11O4/c1-4-21-49-45(62)38-24-50-47(55-44(38)54-41-17-12-33-11-10-32(5-2)43(33)53-41)52-34-13-15-35(16-14-34)57-26-48(27-57)28-58(29-48)36-19-22-56(23-20-36)40-8-6-7-37-39(40)25-59(46(37)63)31(3)9-18-42(61)51-30-60/h4,6-8,12-17,24,30-32,36H,1,5,9-11,18-23,25-29H2,2-3H3,(H,49,62)(H,51,60,61)(H2,50,52,53,54,55). The minimum atomic E-state index is -0.326. The third kappa shape index (κ3) is 8.58. The van der Waals surface area contributed by atoms with Crippen LogP contribution in [-0.2, 0) is 22.6 Å². The molecule has 15 heteroatoms. The van der Waals surface area contributed by atoms with Gasteiger partial charge >= 0.3 is 0 Å². The van der Waals surface area contributed by atoms with Crippen LogP contribution in [0.25, 0.3) is 0 Å². The van der Waals surface area contributed by atoms with Crippen molar-refractivity contribution < 1.29 is 19.2 Å². The maximum atomic E-state index is 13.4. The van der Waals surface area contributed by atoms with E-state index in [1.54, 1.807) is 6.08 Å². The summed E-state index contributed by atoms with van der Waals surface area (Å²) >= 11 is 0. The highest BCUT2D eigenvalue weighted by molar-refractivity contribution is 6.00. The Morgan fingerprint density at radius 1 is 0.968 bits per heavy atom. The van der Waals surface area contributed by atoms with Crippen LogP contribution in [0.15, 0.2) is 73.4 Å². The normalized spacial score (nSPS) is 19.4. The van der Waals surface area contributed by atoms with Gasteiger partial charge in [0.2, 0.25) is 18.3 Å². The van der Waals surface area contributed by atoms with E-state index >= 15 is 0 Å². The number of nitrogens with one attached hydrogen (secondary N) is 4. The van der Waals surface area contributed by atoms with Crippen molar-refractivity contribution in [1.82, 2.24) is 35.4 Å². The molecule has 1 aliphatic carbocycles. The summed E-state index contributed by atoms with van der Waals surface area (Å²) in [6, 6.07) is 18.9. The molecule has 0 radical (unpaired) electrons. The lowest BCUT2D eigenvalue weighted by Gasteiger charge is -2.63. The highest BCUT2D eigenvalue weighted by Crippen LogP contribution is 2.45. The SMILES string of the molecule is C=CCNC(=O)c1cnc(Nc2ccc(N3CC4(C3)CN(C3CCN(c5cccc6c5CN(C(C)CCC(=O)NC=O)C6=O)CC3)C4)cc2)nc1Nc1ccc2c(n1)C(CC)CC2. The first-order chi connectivity index (χ1) is 30.6. The fourth-order valence-electron chi connectivity index (χ4n) is 10.3. The molecule has 4 aromatic rings. The molecule has 328 valence electrons. The van der Waals surface area contributed by atoms with Crippen LogP contribution >= 0.6 is 0 Å². The fourth-order valence-corrected chi connectivity index (χ4v) is 10.3. The van der Waals surface area contributed by atoms with Gasteiger partial charge in [0.05, 0.1) is 0 Å². The Kier molecular flexibility index (Phi) is 11.9. The number of pyridine rings is 1. The summed E-state index contributed by atoms with van der Waals surface area (Å²) in [5, 5.41) is 11.7. The van der Waals surface area contributed by atoms with Crippen LogP contribution in [0.1, 0.15) is 95.8 Å². The number of amides is 4. The molecule has 63 heavy (non-hydrogen) atoms. The largest absolute Gasteiger partial charge is 0.371 e. The molecule has 3 saturated heterocycles. The molecule has 2 unspecified atom stereocenters. The number of rotatable bonds is 16. The zero-order chi connectivity index (χ0) is 43.7. The molecule has 5 aliphatic rings. The van der Waals surface area contributed by atoms with Gasteiger partial charge in [-0.15, -0.1) is 6.58 Å². The van der Waals surface area contributed by atoms with Crippen molar-refractivity contribution in [2.45, 2.75) is 83.3 Å². The van der Waals surface area contributed by atoms with E-state index in [2.05, 4.69) is 78.7 Å². The predicted octanol–water partition coefficient (Wildman–Crippen LogP) is 5.90. The average Bonchev–Trinajstić information content (AvgIpc) is 3.84.